The van der Waals surface area contributed by atoms with Crippen molar-refractivity contribution < 1.29 is 18.3 Å². The van der Waals surface area contributed by atoms with Gasteiger partial charge in [-0.3, -0.25) is 0 Å². The molecule has 1 saturated carbocycles. The van der Waals surface area contributed by atoms with Crippen molar-refractivity contribution in [1.29, 1.82) is 0 Å². The van der Waals surface area contributed by atoms with Gasteiger partial charge in [-0.1, -0.05) is 12.1 Å². The third-order valence-corrected chi connectivity index (χ3v) is 3.40. The molecule has 94 valence electrons. The summed E-state index contributed by atoms with van der Waals surface area (Å²) in [6.45, 7) is 0. The normalized spacial score (nSPS) is 22.4. The van der Waals surface area contributed by atoms with Crippen LogP contribution in [0.5, 0.6) is 5.75 Å². The number of benzene rings is 1. The summed E-state index contributed by atoms with van der Waals surface area (Å²) in [6.07, 6.45) is -0.590. The van der Waals surface area contributed by atoms with Crippen molar-refractivity contribution in [2.24, 2.45) is 5.73 Å². The highest BCUT2D eigenvalue weighted by atomic mass is 19.3. The molecule has 0 unspecified atom stereocenters. The molecule has 1 aliphatic rings. The number of halogens is 3. The number of phenols is 1. The predicted molar refractivity (Wildman–Crippen MR) is 57.3 cm³/mol. The molecule has 0 aromatic heterocycles. The Kier molecular flexibility index (Phi) is 2.81. The van der Waals surface area contributed by atoms with Crippen LogP contribution in [0, 0.1) is 5.82 Å². The molecule has 0 aliphatic heterocycles. The van der Waals surface area contributed by atoms with Gasteiger partial charge in [-0.05, 0) is 18.9 Å². The summed E-state index contributed by atoms with van der Waals surface area (Å²) in [5, 5.41) is 9.60. The van der Waals surface area contributed by atoms with Crippen molar-refractivity contribution >= 4 is 0 Å². The highest BCUT2D eigenvalue weighted by molar-refractivity contribution is 5.39. The molecule has 1 aromatic rings. The fourth-order valence-corrected chi connectivity index (χ4v) is 2.25. The molecule has 0 amide bonds. The quantitative estimate of drug-likeness (QED) is 0.799. The summed E-state index contributed by atoms with van der Waals surface area (Å²) in [5.74, 6) is -4.00. The van der Waals surface area contributed by atoms with Gasteiger partial charge in [-0.15, -0.1) is 0 Å². The van der Waals surface area contributed by atoms with E-state index in [1.165, 1.54) is 12.1 Å². The smallest absolute Gasteiger partial charge is 0.248 e. The molecule has 1 fully saturated rings. The van der Waals surface area contributed by atoms with Crippen LogP contribution in [0.2, 0.25) is 0 Å². The van der Waals surface area contributed by atoms with E-state index in [1.54, 1.807) is 0 Å². The summed E-state index contributed by atoms with van der Waals surface area (Å²) < 4.78 is 39.3. The Morgan fingerprint density at radius 2 is 1.71 bits per heavy atom. The summed E-state index contributed by atoms with van der Waals surface area (Å²) >= 11 is 0. The first-order valence-electron chi connectivity index (χ1n) is 5.49. The SMILES string of the molecule is NC1(c2cccc(F)c2O)CCC(F)(F)CC1. The van der Waals surface area contributed by atoms with E-state index in [2.05, 4.69) is 0 Å². The fraction of sp³-hybridized carbons (Fsp3) is 0.500. The predicted octanol–water partition coefficient (Wildman–Crippen LogP) is 2.89. The average molecular weight is 245 g/mol. The van der Waals surface area contributed by atoms with E-state index >= 15 is 0 Å². The Labute approximate surface area is 97.2 Å². The minimum atomic E-state index is -2.70. The van der Waals surface area contributed by atoms with Gasteiger partial charge in [-0.25, -0.2) is 13.2 Å². The first kappa shape index (κ1) is 12.2. The molecule has 1 aliphatic carbocycles. The topological polar surface area (TPSA) is 46.2 Å². The van der Waals surface area contributed by atoms with Crippen molar-refractivity contribution in [1.82, 2.24) is 0 Å². The van der Waals surface area contributed by atoms with Gasteiger partial charge in [0.1, 0.15) is 0 Å². The molecule has 17 heavy (non-hydrogen) atoms. The van der Waals surface area contributed by atoms with Gasteiger partial charge in [-0.2, -0.15) is 0 Å². The number of hydrogen-bond acceptors (Lipinski definition) is 2. The van der Waals surface area contributed by atoms with Crippen molar-refractivity contribution in [3.63, 3.8) is 0 Å². The summed E-state index contributed by atoms with van der Waals surface area (Å²) in [4.78, 5) is 0. The number of para-hydroxylation sites is 1. The van der Waals surface area contributed by atoms with Crippen LogP contribution in [0.15, 0.2) is 18.2 Å². The van der Waals surface area contributed by atoms with E-state index in [1.807, 2.05) is 0 Å². The second-order valence-electron chi connectivity index (χ2n) is 4.65. The van der Waals surface area contributed by atoms with Gasteiger partial charge >= 0.3 is 0 Å². The van der Waals surface area contributed by atoms with Crippen LogP contribution < -0.4 is 5.73 Å². The van der Waals surface area contributed by atoms with Crippen LogP contribution in [0.3, 0.4) is 0 Å². The van der Waals surface area contributed by atoms with Crippen LogP contribution in [0.25, 0.3) is 0 Å². The molecule has 5 heteroatoms. The first-order chi connectivity index (χ1) is 7.84. The molecule has 0 spiro atoms. The van der Waals surface area contributed by atoms with Crippen LogP contribution in [0.1, 0.15) is 31.2 Å². The van der Waals surface area contributed by atoms with E-state index in [9.17, 15) is 18.3 Å². The highest BCUT2D eigenvalue weighted by Crippen LogP contribution is 2.44. The largest absolute Gasteiger partial charge is 0.505 e. The van der Waals surface area contributed by atoms with E-state index in [0.29, 0.717) is 0 Å². The second kappa shape index (κ2) is 3.91. The molecule has 2 nitrogen and oxygen atoms in total. The lowest BCUT2D eigenvalue weighted by molar-refractivity contribution is -0.0516. The van der Waals surface area contributed by atoms with Gasteiger partial charge in [0, 0.05) is 23.9 Å². The fourth-order valence-electron chi connectivity index (χ4n) is 2.25. The van der Waals surface area contributed by atoms with Gasteiger partial charge in [0.15, 0.2) is 11.6 Å². The minimum absolute atomic E-state index is 0.0387. The van der Waals surface area contributed by atoms with Gasteiger partial charge in [0.25, 0.3) is 0 Å². The number of phenolic OH excluding ortho intramolecular Hbond substituents is 1. The Hall–Kier alpha value is -1.23. The zero-order chi connectivity index (χ0) is 12.7. The van der Waals surface area contributed by atoms with Crippen LogP contribution in [-0.2, 0) is 5.54 Å². The number of hydrogen-bond donors (Lipinski definition) is 2. The Bertz CT molecular complexity index is 424. The van der Waals surface area contributed by atoms with Gasteiger partial charge in [0.2, 0.25) is 5.92 Å². The van der Waals surface area contributed by atoms with E-state index in [-0.39, 0.29) is 31.2 Å². The zero-order valence-corrected chi connectivity index (χ0v) is 9.22. The molecule has 3 N–H and O–H groups in total. The van der Waals surface area contributed by atoms with Gasteiger partial charge in [0.05, 0.1) is 0 Å². The molecular weight excluding hydrogens is 231 g/mol. The maximum absolute atomic E-state index is 13.2. The molecule has 0 bridgehead atoms. The average Bonchev–Trinajstić information content (AvgIpc) is 2.27. The lowest BCUT2D eigenvalue weighted by atomic mass is 9.75. The number of nitrogens with two attached hydrogens (primary N) is 1. The van der Waals surface area contributed by atoms with E-state index < -0.39 is 23.0 Å². The standard InChI is InChI=1S/C12H14F3NO/c13-9-3-1-2-8(10(9)17)11(16)4-6-12(14,15)7-5-11/h1-3,17H,4-7,16H2. The molecule has 0 heterocycles. The van der Waals surface area contributed by atoms with Crippen LogP contribution >= 0.6 is 0 Å². The molecule has 2 rings (SSSR count). The highest BCUT2D eigenvalue weighted by Gasteiger charge is 2.43. The minimum Gasteiger partial charge on any atom is -0.505 e. The van der Waals surface area contributed by atoms with Crippen molar-refractivity contribution in [2.45, 2.75) is 37.1 Å². The molecule has 0 radical (unpaired) electrons. The van der Waals surface area contributed by atoms with E-state index in [4.69, 9.17) is 5.73 Å². The Morgan fingerprint density at radius 1 is 1.12 bits per heavy atom. The zero-order valence-electron chi connectivity index (χ0n) is 9.22. The molecular formula is C12H14F3NO. The van der Waals surface area contributed by atoms with Gasteiger partial charge < -0.3 is 10.8 Å². The third kappa shape index (κ3) is 2.24. The maximum atomic E-state index is 13.2. The molecule has 1 aromatic carbocycles. The summed E-state index contributed by atoms with van der Waals surface area (Å²) in [5.41, 5.74) is 5.17. The van der Waals surface area contributed by atoms with Crippen LogP contribution in [-0.4, -0.2) is 11.0 Å². The maximum Gasteiger partial charge on any atom is 0.248 e. The van der Waals surface area contributed by atoms with Crippen molar-refractivity contribution in [3.8, 4) is 5.75 Å². The summed E-state index contributed by atoms with van der Waals surface area (Å²) in [6, 6.07) is 4.02. The van der Waals surface area contributed by atoms with Crippen molar-refractivity contribution in [2.75, 3.05) is 0 Å². The first-order valence-corrected chi connectivity index (χ1v) is 5.49. The molecule has 0 atom stereocenters. The Morgan fingerprint density at radius 3 is 2.29 bits per heavy atom. The molecule has 0 saturated heterocycles. The Balaban J connectivity index is 2.31. The number of rotatable bonds is 1. The summed E-state index contributed by atoms with van der Waals surface area (Å²) in [7, 11) is 0. The van der Waals surface area contributed by atoms with Crippen LogP contribution in [0.4, 0.5) is 13.2 Å². The second-order valence-corrected chi connectivity index (χ2v) is 4.65. The monoisotopic (exact) mass is 245 g/mol. The lowest BCUT2D eigenvalue weighted by Crippen LogP contribution is -2.43. The number of alkyl halides is 2. The lowest BCUT2D eigenvalue weighted by Gasteiger charge is -2.37. The third-order valence-electron chi connectivity index (χ3n) is 3.40. The van der Waals surface area contributed by atoms with E-state index in [0.717, 1.165) is 6.07 Å². The van der Waals surface area contributed by atoms with Crippen molar-refractivity contribution in [3.05, 3.63) is 29.6 Å². The number of aromatic hydroxyl groups is 1.